The Kier molecular flexibility index (Phi) is 2.26. The van der Waals surface area contributed by atoms with Crippen molar-refractivity contribution in [1.29, 1.82) is 0 Å². The molecule has 10 heavy (non-hydrogen) atoms. The molecule has 1 aromatic rings. The largest absolute Gasteiger partial charge is 0.286 e. The van der Waals surface area contributed by atoms with Crippen LogP contribution < -0.4 is 5.32 Å². The molecule has 0 N–H and O–H groups in total. The third kappa shape index (κ3) is 1.72. The molecule has 1 nitrogen and oxygen atoms in total. The van der Waals surface area contributed by atoms with E-state index in [0.29, 0.717) is 0 Å². The van der Waals surface area contributed by atoms with Gasteiger partial charge in [0.15, 0.2) is 0 Å². The normalized spacial score (nSPS) is 9.40. The zero-order valence-electron chi connectivity index (χ0n) is 5.84. The second-order valence-electron chi connectivity index (χ2n) is 1.95. The Morgan fingerprint density at radius 1 is 1.30 bits per heavy atom. The summed E-state index contributed by atoms with van der Waals surface area (Å²) in [6.07, 6.45) is 0. The molecule has 0 amide bonds. The van der Waals surface area contributed by atoms with Crippen LogP contribution in [0.15, 0.2) is 24.3 Å². The summed E-state index contributed by atoms with van der Waals surface area (Å²) < 4.78 is 12.3. The fraction of sp³-hybridized carbons (Fsp3) is 0.250. The molecule has 2 heteroatoms. The molecular weight excluding hydrogens is 129 g/mol. The smallest absolute Gasteiger partial charge is 0.123 e. The molecule has 1 rings (SSSR count). The van der Waals surface area contributed by atoms with E-state index < -0.39 is 0 Å². The van der Waals surface area contributed by atoms with Crippen molar-refractivity contribution in [2.45, 2.75) is 6.92 Å². The molecule has 0 spiro atoms. The summed E-state index contributed by atoms with van der Waals surface area (Å²) in [6.45, 7) is 2.69. The highest BCUT2D eigenvalue weighted by molar-refractivity contribution is 5.34. The molecule has 0 aromatic heterocycles. The summed E-state index contributed by atoms with van der Waals surface area (Å²) in [5.41, 5.74) is 0.837. The van der Waals surface area contributed by atoms with Gasteiger partial charge in [-0.3, -0.25) is 5.32 Å². The maximum absolute atomic E-state index is 12.3. The van der Waals surface area contributed by atoms with Crippen LogP contribution in [0, 0.1) is 5.82 Å². The lowest BCUT2D eigenvalue weighted by Gasteiger charge is -1.96. The standard InChI is InChI=1S/C8H9FN/c1-2-10-8-5-3-7(9)4-6-8/h3-6H,2H2,1H3. The molecule has 0 bridgehead atoms. The molecule has 0 atom stereocenters. The van der Waals surface area contributed by atoms with Crippen LogP contribution >= 0.6 is 0 Å². The Bertz CT molecular complexity index is 193. The van der Waals surface area contributed by atoms with Gasteiger partial charge < -0.3 is 0 Å². The van der Waals surface area contributed by atoms with Gasteiger partial charge in [0.05, 0.1) is 5.69 Å². The van der Waals surface area contributed by atoms with Gasteiger partial charge in [-0.2, -0.15) is 0 Å². The van der Waals surface area contributed by atoms with Crippen LogP contribution in [0.25, 0.3) is 0 Å². The van der Waals surface area contributed by atoms with E-state index in [1.165, 1.54) is 12.1 Å². The highest BCUT2D eigenvalue weighted by atomic mass is 19.1. The third-order valence-corrected chi connectivity index (χ3v) is 1.17. The molecule has 1 radical (unpaired) electrons. The van der Waals surface area contributed by atoms with E-state index in [2.05, 4.69) is 5.32 Å². The van der Waals surface area contributed by atoms with Gasteiger partial charge in [0.25, 0.3) is 0 Å². The fourth-order valence-corrected chi connectivity index (χ4v) is 0.729. The highest BCUT2D eigenvalue weighted by Crippen LogP contribution is 2.07. The molecule has 0 saturated carbocycles. The molecule has 0 heterocycles. The Labute approximate surface area is 59.9 Å². The van der Waals surface area contributed by atoms with E-state index in [4.69, 9.17) is 0 Å². The zero-order chi connectivity index (χ0) is 7.40. The van der Waals surface area contributed by atoms with Crippen molar-refractivity contribution in [3.63, 3.8) is 0 Å². The number of halogens is 1. The Balaban J connectivity index is 2.69. The minimum Gasteiger partial charge on any atom is -0.286 e. The second kappa shape index (κ2) is 3.20. The van der Waals surface area contributed by atoms with Crippen molar-refractivity contribution in [1.82, 2.24) is 5.32 Å². The van der Waals surface area contributed by atoms with Gasteiger partial charge in [-0.15, -0.1) is 0 Å². The molecule has 0 saturated heterocycles. The molecule has 1 aromatic carbocycles. The van der Waals surface area contributed by atoms with Crippen LogP contribution in [0.2, 0.25) is 0 Å². The predicted molar refractivity (Wildman–Crippen MR) is 38.7 cm³/mol. The monoisotopic (exact) mass is 138 g/mol. The summed E-state index contributed by atoms with van der Waals surface area (Å²) in [7, 11) is 0. The summed E-state index contributed by atoms with van der Waals surface area (Å²) in [5, 5.41) is 4.08. The molecule has 53 valence electrons. The molecule has 0 fully saturated rings. The van der Waals surface area contributed by atoms with Gasteiger partial charge in [-0.05, 0) is 31.2 Å². The van der Waals surface area contributed by atoms with Crippen LogP contribution in [-0.2, 0) is 0 Å². The molecule has 0 aliphatic heterocycles. The number of benzene rings is 1. The van der Waals surface area contributed by atoms with Crippen molar-refractivity contribution in [2.24, 2.45) is 0 Å². The van der Waals surface area contributed by atoms with E-state index in [0.717, 1.165) is 12.2 Å². The van der Waals surface area contributed by atoms with Crippen LogP contribution in [0.1, 0.15) is 6.92 Å². The number of hydrogen-bond donors (Lipinski definition) is 0. The van der Waals surface area contributed by atoms with E-state index in [-0.39, 0.29) is 5.82 Å². The van der Waals surface area contributed by atoms with Crippen molar-refractivity contribution >= 4 is 5.69 Å². The molecular formula is C8H9FN. The van der Waals surface area contributed by atoms with Gasteiger partial charge in [0, 0.05) is 6.54 Å². The topological polar surface area (TPSA) is 14.1 Å². The summed E-state index contributed by atoms with van der Waals surface area (Å²) in [5.74, 6) is -0.213. The van der Waals surface area contributed by atoms with Crippen LogP contribution in [0.3, 0.4) is 0 Å². The Morgan fingerprint density at radius 3 is 2.40 bits per heavy atom. The molecule has 0 unspecified atom stereocenters. The van der Waals surface area contributed by atoms with Crippen LogP contribution in [0.5, 0.6) is 0 Å². The first kappa shape index (κ1) is 7.06. The van der Waals surface area contributed by atoms with Crippen molar-refractivity contribution in [3.8, 4) is 0 Å². The highest BCUT2D eigenvalue weighted by Gasteiger charge is 1.90. The predicted octanol–water partition coefficient (Wildman–Crippen LogP) is 2.08. The minimum atomic E-state index is -0.213. The second-order valence-corrected chi connectivity index (χ2v) is 1.95. The van der Waals surface area contributed by atoms with Gasteiger partial charge in [0.1, 0.15) is 5.82 Å². The van der Waals surface area contributed by atoms with E-state index in [9.17, 15) is 4.39 Å². The lowest BCUT2D eigenvalue weighted by molar-refractivity contribution is 0.627. The lowest BCUT2D eigenvalue weighted by Crippen LogP contribution is -1.93. The van der Waals surface area contributed by atoms with Crippen molar-refractivity contribution < 1.29 is 4.39 Å². The number of hydrogen-bond acceptors (Lipinski definition) is 0. The lowest BCUT2D eigenvalue weighted by atomic mass is 10.3. The van der Waals surface area contributed by atoms with Gasteiger partial charge in [0.2, 0.25) is 0 Å². The minimum absolute atomic E-state index is 0.213. The van der Waals surface area contributed by atoms with Crippen LogP contribution in [0.4, 0.5) is 10.1 Å². The summed E-state index contributed by atoms with van der Waals surface area (Å²) in [6, 6.07) is 6.15. The molecule has 0 aliphatic rings. The zero-order valence-corrected chi connectivity index (χ0v) is 5.84. The van der Waals surface area contributed by atoms with Crippen LogP contribution in [-0.4, -0.2) is 6.54 Å². The number of rotatable bonds is 2. The third-order valence-electron chi connectivity index (χ3n) is 1.17. The van der Waals surface area contributed by atoms with E-state index in [1.807, 2.05) is 6.92 Å². The first-order chi connectivity index (χ1) is 4.83. The van der Waals surface area contributed by atoms with E-state index >= 15 is 0 Å². The Morgan fingerprint density at radius 2 is 1.90 bits per heavy atom. The fourth-order valence-electron chi connectivity index (χ4n) is 0.729. The average Bonchev–Trinajstić information content (AvgIpc) is 1.95. The van der Waals surface area contributed by atoms with Gasteiger partial charge >= 0.3 is 0 Å². The first-order valence-electron chi connectivity index (χ1n) is 3.26. The maximum Gasteiger partial charge on any atom is 0.123 e. The first-order valence-corrected chi connectivity index (χ1v) is 3.26. The average molecular weight is 138 g/mol. The summed E-state index contributed by atoms with van der Waals surface area (Å²) >= 11 is 0. The summed E-state index contributed by atoms with van der Waals surface area (Å²) in [4.78, 5) is 0. The quantitative estimate of drug-likeness (QED) is 0.594. The van der Waals surface area contributed by atoms with Crippen molar-refractivity contribution in [3.05, 3.63) is 30.1 Å². The number of nitrogens with zero attached hydrogens (tertiary/aromatic N) is 1. The maximum atomic E-state index is 12.3. The Hall–Kier alpha value is -1.05. The van der Waals surface area contributed by atoms with Gasteiger partial charge in [-0.1, -0.05) is 0 Å². The van der Waals surface area contributed by atoms with Crippen molar-refractivity contribution in [2.75, 3.05) is 6.54 Å². The van der Waals surface area contributed by atoms with E-state index in [1.54, 1.807) is 12.1 Å². The molecule has 0 aliphatic carbocycles. The SMILES string of the molecule is CC[N]c1ccc(F)cc1. The van der Waals surface area contributed by atoms with Gasteiger partial charge in [-0.25, -0.2) is 4.39 Å².